The highest BCUT2D eigenvalue weighted by Crippen LogP contribution is 2.25. The molecule has 0 aliphatic carbocycles. The zero-order chi connectivity index (χ0) is 21.5. The van der Waals surface area contributed by atoms with Crippen LogP contribution in [0, 0.1) is 5.92 Å². The molecule has 156 valence electrons. The van der Waals surface area contributed by atoms with Crippen molar-refractivity contribution in [2.45, 2.75) is 32.0 Å². The number of rotatable bonds is 8. The summed E-state index contributed by atoms with van der Waals surface area (Å²) in [6, 6.07) is 24.0. The van der Waals surface area contributed by atoms with Gasteiger partial charge in [0, 0.05) is 23.2 Å². The van der Waals surface area contributed by atoms with Crippen molar-refractivity contribution in [2.75, 3.05) is 0 Å². The fourth-order valence-electron chi connectivity index (χ4n) is 3.40. The first-order chi connectivity index (χ1) is 14.4. The molecule has 3 aromatic carbocycles. The monoisotopic (exact) mass is 422 g/mol. The lowest BCUT2D eigenvalue weighted by molar-refractivity contribution is 0.0951. The standard InChI is InChI=1S/C25H27ClN2O2/c1-17(23(27)24(29)21-8-5-9-22(26)15-21)14-18-10-12-20(13-11-18)25(30)28-16-19-6-3-2-4-7-19/h2-13,15,17,23-24,29H,14,16,27H2,1H3,(H,28,30). The Labute approximate surface area is 182 Å². The topological polar surface area (TPSA) is 75.4 Å². The van der Waals surface area contributed by atoms with E-state index in [1.54, 1.807) is 18.2 Å². The Hall–Kier alpha value is -2.66. The van der Waals surface area contributed by atoms with Crippen LogP contribution in [0.3, 0.4) is 0 Å². The van der Waals surface area contributed by atoms with Gasteiger partial charge in [0.15, 0.2) is 0 Å². The first-order valence-electron chi connectivity index (χ1n) is 10.0. The maximum Gasteiger partial charge on any atom is 0.251 e. The van der Waals surface area contributed by atoms with Crippen molar-refractivity contribution in [1.82, 2.24) is 5.32 Å². The second-order valence-corrected chi connectivity index (χ2v) is 8.06. The molecule has 0 spiro atoms. The number of nitrogens with two attached hydrogens (primary N) is 1. The normalized spacial score (nSPS) is 14.0. The molecule has 0 bridgehead atoms. The lowest BCUT2D eigenvalue weighted by atomic mass is 9.88. The van der Waals surface area contributed by atoms with E-state index in [-0.39, 0.29) is 11.8 Å². The van der Waals surface area contributed by atoms with E-state index in [0.29, 0.717) is 29.1 Å². The molecule has 5 heteroatoms. The zero-order valence-corrected chi connectivity index (χ0v) is 17.7. The Morgan fingerprint density at radius 3 is 2.37 bits per heavy atom. The van der Waals surface area contributed by atoms with E-state index < -0.39 is 12.1 Å². The summed E-state index contributed by atoms with van der Waals surface area (Å²) in [5, 5.41) is 14.1. The van der Waals surface area contributed by atoms with E-state index in [1.165, 1.54) is 0 Å². The van der Waals surface area contributed by atoms with Crippen molar-refractivity contribution >= 4 is 17.5 Å². The van der Waals surface area contributed by atoms with E-state index in [1.807, 2.05) is 67.6 Å². The first kappa shape index (κ1) is 22.0. The number of halogens is 1. The van der Waals surface area contributed by atoms with Crippen LogP contribution in [-0.4, -0.2) is 17.1 Å². The number of benzene rings is 3. The lowest BCUT2D eigenvalue weighted by Gasteiger charge is -2.25. The molecule has 1 amide bonds. The predicted octanol–water partition coefficient (Wildman–Crippen LogP) is 4.51. The number of amides is 1. The Bertz CT molecular complexity index is 960. The quantitative estimate of drug-likeness (QED) is 0.500. The minimum atomic E-state index is -0.790. The van der Waals surface area contributed by atoms with Crippen LogP contribution in [-0.2, 0) is 13.0 Å². The minimum Gasteiger partial charge on any atom is -0.387 e. The highest BCUT2D eigenvalue weighted by atomic mass is 35.5. The van der Waals surface area contributed by atoms with Crippen LogP contribution >= 0.6 is 11.6 Å². The van der Waals surface area contributed by atoms with E-state index in [2.05, 4.69) is 5.32 Å². The van der Waals surface area contributed by atoms with E-state index in [9.17, 15) is 9.90 Å². The molecule has 0 fully saturated rings. The molecule has 0 aliphatic heterocycles. The van der Waals surface area contributed by atoms with E-state index in [0.717, 1.165) is 11.1 Å². The van der Waals surface area contributed by atoms with E-state index >= 15 is 0 Å². The Morgan fingerprint density at radius 1 is 1.00 bits per heavy atom. The summed E-state index contributed by atoms with van der Waals surface area (Å²) in [6.45, 7) is 2.51. The molecule has 0 saturated carbocycles. The average Bonchev–Trinajstić information content (AvgIpc) is 2.77. The van der Waals surface area contributed by atoms with Crippen LogP contribution in [0.1, 0.15) is 40.1 Å². The van der Waals surface area contributed by atoms with Gasteiger partial charge in [0.2, 0.25) is 0 Å². The van der Waals surface area contributed by atoms with Gasteiger partial charge >= 0.3 is 0 Å². The average molecular weight is 423 g/mol. The Balaban J connectivity index is 1.55. The molecule has 0 radical (unpaired) electrons. The van der Waals surface area contributed by atoms with E-state index in [4.69, 9.17) is 17.3 Å². The van der Waals surface area contributed by atoms with Crippen molar-refractivity contribution in [3.8, 4) is 0 Å². The molecule has 0 heterocycles. The van der Waals surface area contributed by atoms with Crippen LogP contribution in [0.2, 0.25) is 5.02 Å². The van der Waals surface area contributed by atoms with Crippen LogP contribution in [0.25, 0.3) is 0 Å². The Morgan fingerprint density at radius 2 is 1.70 bits per heavy atom. The van der Waals surface area contributed by atoms with Gasteiger partial charge in [0.25, 0.3) is 5.91 Å². The summed E-state index contributed by atoms with van der Waals surface area (Å²) in [5.74, 6) is -0.0664. The van der Waals surface area contributed by atoms with Gasteiger partial charge in [-0.05, 0) is 53.3 Å². The SMILES string of the molecule is CC(Cc1ccc(C(=O)NCc2ccccc2)cc1)C(N)C(O)c1cccc(Cl)c1. The number of carbonyl (C=O) groups is 1. The zero-order valence-electron chi connectivity index (χ0n) is 17.0. The highest BCUT2D eigenvalue weighted by molar-refractivity contribution is 6.30. The molecule has 4 N–H and O–H groups in total. The third kappa shape index (κ3) is 5.92. The summed E-state index contributed by atoms with van der Waals surface area (Å²) in [6.07, 6.45) is -0.0909. The second kappa shape index (κ2) is 10.4. The van der Waals surface area contributed by atoms with Gasteiger partial charge in [-0.25, -0.2) is 0 Å². The van der Waals surface area contributed by atoms with Gasteiger partial charge in [0.05, 0.1) is 6.10 Å². The maximum absolute atomic E-state index is 12.4. The number of aliphatic hydroxyl groups is 1. The number of carbonyl (C=O) groups excluding carboxylic acids is 1. The van der Waals surface area contributed by atoms with Crippen molar-refractivity contribution in [3.05, 3.63) is 106 Å². The van der Waals surface area contributed by atoms with Gasteiger partial charge in [-0.2, -0.15) is 0 Å². The third-order valence-electron chi connectivity index (χ3n) is 5.28. The van der Waals surface area contributed by atoms with Crippen molar-refractivity contribution in [2.24, 2.45) is 11.7 Å². The van der Waals surface area contributed by atoms with Crippen molar-refractivity contribution in [3.63, 3.8) is 0 Å². The van der Waals surface area contributed by atoms with Gasteiger partial charge < -0.3 is 16.2 Å². The molecule has 3 rings (SSSR count). The largest absolute Gasteiger partial charge is 0.387 e. The van der Waals surface area contributed by atoms with Crippen LogP contribution in [0.4, 0.5) is 0 Å². The predicted molar refractivity (Wildman–Crippen MR) is 121 cm³/mol. The fourth-order valence-corrected chi connectivity index (χ4v) is 3.60. The second-order valence-electron chi connectivity index (χ2n) is 7.62. The molecule has 3 atom stereocenters. The number of hydrogen-bond acceptors (Lipinski definition) is 3. The summed E-state index contributed by atoms with van der Waals surface area (Å²) >= 11 is 6.02. The summed E-state index contributed by atoms with van der Waals surface area (Å²) in [7, 11) is 0. The van der Waals surface area contributed by atoms with Crippen molar-refractivity contribution < 1.29 is 9.90 Å². The molecule has 3 unspecified atom stereocenters. The molecule has 3 aromatic rings. The fraction of sp³-hybridized carbons (Fsp3) is 0.240. The van der Waals surface area contributed by atoms with Gasteiger partial charge in [0.1, 0.15) is 0 Å². The minimum absolute atomic E-state index is 0.0386. The molecule has 4 nitrogen and oxygen atoms in total. The van der Waals surface area contributed by atoms with Gasteiger partial charge in [-0.3, -0.25) is 4.79 Å². The number of nitrogens with one attached hydrogen (secondary N) is 1. The maximum atomic E-state index is 12.4. The van der Waals surface area contributed by atoms with Crippen LogP contribution in [0.15, 0.2) is 78.9 Å². The highest BCUT2D eigenvalue weighted by Gasteiger charge is 2.23. The molecule has 0 saturated heterocycles. The summed E-state index contributed by atoms with van der Waals surface area (Å²) in [4.78, 5) is 12.4. The molecule has 30 heavy (non-hydrogen) atoms. The smallest absolute Gasteiger partial charge is 0.251 e. The number of aliphatic hydroxyl groups excluding tert-OH is 1. The van der Waals surface area contributed by atoms with Gasteiger partial charge in [-0.15, -0.1) is 0 Å². The molecule has 0 aromatic heterocycles. The van der Waals surface area contributed by atoms with Crippen molar-refractivity contribution in [1.29, 1.82) is 0 Å². The third-order valence-corrected chi connectivity index (χ3v) is 5.52. The van der Waals surface area contributed by atoms with Crippen LogP contribution < -0.4 is 11.1 Å². The van der Waals surface area contributed by atoms with Gasteiger partial charge in [-0.1, -0.05) is 73.1 Å². The Kier molecular flexibility index (Phi) is 7.63. The first-order valence-corrected chi connectivity index (χ1v) is 10.4. The lowest BCUT2D eigenvalue weighted by Crippen LogP contribution is -2.36. The van der Waals surface area contributed by atoms with Crippen LogP contribution in [0.5, 0.6) is 0 Å². The molecular formula is C25H27ClN2O2. The molecule has 0 aliphatic rings. The number of hydrogen-bond donors (Lipinski definition) is 3. The summed E-state index contributed by atoms with van der Waals surface area (Å²) < 4.78 is 0. The molecular weight excluding hydrogens is 396 g/mol. The summed E-state index contributed by atoms with van der Waals surface area (Å²) in [5.41, 5.74) is 9.76.